The highest BCUT2D eigenvalue weighted by Gasteiger charge is 2.21. The van der Waals surface area contributed by atoms with Crippen molar-refractivity contribution < 1.29 is 14.6 Å². The van der Waals surface area contributed by atoms with Crippen LogP contribution in [0.3, 0.4) is 0 Å². The minimum Gasteiger partial charge on any atom is -0.508 e. The minimum atomic E-state index is -0.0268. The second-order valence-corrected chi connectivity index (χ2v) is 5.49. The van der Waals surface area contributed by atoms with Crippen LogP contribution in [0.2, 0.25) is 0 Å². The maximum absolute atomic E-state index is 12.2. The lowest BCUT2D eigenvalue weighted by Gasteiger charge is -2.36. The van der Waals surface area contributed by atoms with Crippen LogP contribution in [0.4, 0.5) is 5.69 Å². The van der Waals surface area contributed by atoms with Crippen LogP contribution in [-0.2, 0) is 4.79 Å². The van der Waals surface area contributed by atoms with E-state index in [4.69, 9.17) is 4.74 Å². The van der Waals surface area contributed by atoms with Crippen molar-refractivity contribution >= 4 is 11.6 Å². The number of carbonyl (C=O) groups excluding carboxylic acids is 1. The van der Waals surface area contributed by atoms with Crippen molar-refractivity contribution in [3.05, 3.63) is 54.6 Å². The Kier molecular flexibility index (Phi) is 4.66. The van der Waals surface area contributed by atoms with Gasteiger partial charge in [-0.3, -0.25) is 4.79 Å². The number of nitrogens with zero attached hydrogens (tertiary/aromatic N) is 2. The molecule has 1 N–H and O–H groups in total. The average Bonchev–Trinajstić information content (AvgIpc) is 2.61. The van der Waals surface area contributed by atoms with Crippen molar-refractivity contribution in [3.63, 3.8) is 0 Å². The van der Waals surface area contributed by atoms with Gasteiger partial charge < -0.3 is 19.6 Å². The van der Waals surface area contributed by atoms with Crippen molar-refractivity contribution in [2.75, 3.05) is 37.7 Å². The van der Waals surface area contributed by atoms with E-state index in [2.05, 4.69) is 17.0 Å². The molecule has 2 aromatic carbocycles. The number of rotatable bonds is 4. The number of anilines is 1. The first-order valence-corrected chi connectivity index (χ1v) is 7.72. The predicted octanol–water partition coefficient (Wildman–Crippen LogP) is 2.12. The molecule has 0 radical (unpaired) electrons. The number of phenols is 1. The van der Waals surface area contributed by atoms with Gasteiger partial charge in [0, 0.05) is 37.9 Å². The van der Waals surface area contributed by atoms with Gasteiger partial charge in [-0.2, -0.15) is 0 Å². The van der Waals surface area contributed by atoms with Crippen molar-refractivity contribution in [2.24, 2.45) is 0 Å². The molecule has 0 atom stereocenters. The Labute approximate surface area is 135 Å². The molecule has 1 saturated heterocycles. The second-order valence-electron chi connectivity index (χ2n) is 5.49. The second kappa shape index (κ2) is 7.05. The molecule has 5 nitrogen and oxygen atoms in total. The summed E-state index contributed by atoms with van der Waals surface area (Å²) in [4.78, 5) is 16.3. The van der Waals surface area contributed by atoms with Gasteiger partial charge in [-0.1, -0.05) is 24.3 Å². The number of hydrogen-bond donors (Lipinski definition) is 1. The van der Waals surface area contributed by atoms with E-state index in [1.165, 1.54) is 11.8 Å². The molecular weight excluding hydrogens is 292 g/mol. The van der Waals surface area contributed by atoms with Crippen molar-refractivity contribution in [1.82, 2.24) is 4.90 Å². The summed E-state index contributed by atoms with van der Waals surface area (Å²) in [6, 6.07) is 16.7. The number of hydrogen-bond acceptors (Lipinski definition) is 4. The van der Waals surface area contributed by atoms with E-state index in [9.17, 15) is 9.90 Å². The van der Waals surface area contributed by atoms with E-state index in [0.717, 1.165) is 13.1 Å². The zero-order valence-electron chi connectivity index (χ0n) is 12.9. The van der Waals surface area contributed by atoms with Gasteiger partial charge in [0.1, 0.15) is 11.5 Å². The smallest absolute Gasteiger partial charge is 0.260 e. The minimum absolute atomic E-state index is 0.00517. The Morgan fingerprint density at radius 3 is 2.43 bits per heavy atom. The molecule has 1 aliphatic heterocycles. The summed E-state index contributed by atoms with van der Waals surface area (Å²) in [5, 5.41) is 9.38. The number of amides is 1. The topological polar surface area (TPSA) is 53.0 Å². The van der Waals surface area contributed by atoms with Crippen LogP contribution in [0.1, 0.15) is 0 Å². The van der Waals surface area contributed by atoms with Gasteiger partial charge in [0.25, 0.3) is 5.91 Å². The van der Waals surface area contributed by atoms with Gasteiger partial charge in [-0.25, -0.2) is 0 Å². The molecule has 0 aliphatic carbocycles. The SMILES string of the molecule is O=C(COc1cccc(O)c1)N1CCN(c2ccccc2)CC1. The van der Waals surface area contributed by atoms with Gasteiger partial charge in [-0.15, -0.1) is 0 Å². The summed E-state index contributed by atoms with van der Waals surface area (Å²) in [5.41, 5.74) is 1.19. The zero-order valence-corrected chi connectivity index (χ0v) is 12.9. The highest BCUT2D eigenvalue weighted by Crippen LogP contribution is 2.18. The summed E-state index contributed by atoms with van der Waals surface area (Å²) < 4.78 is 5.45. The largest absolute Gasteiger partial charge is 0.508 e. The lowest BCUT2D eigenvalue weighted by atomic mass is 10.2. The molecule has 0 aromatic heterocycles. The first-order valence-electron chi connectivity index (χ1n) is 7.72. The van der Waals surface area contributed by atoms with E-state index >= 15 is 0 Å². The molecule has 0 bridgehead atoms. The fourth-order valence-electron chi connectivity index (χ4n) is 2.66. The Bertz CT molecular complexity index is 652. The summed E-state index contributed by atoms with van der Waals surface area (Å²) in [7, 11) is 0. The predicted molar refractivity (Wildman–Crippen MR) is 88.8 cm³/mol. The summed E-state index contributed by atoms with van der Waals surface area (Å²) >= 11 is 0. The Morgan fingerprint density at radius 1 is 1.00 bits per heavy atom. The molecule has 5 heteroatoms. The molecule has 120 valence electrons. The fraction of sp³-hybridized carbons (Fsp3) is 0.278. The molecule has 3 rings (SSSR count). The van der Waals surface area contributed by atoms with Crippen LogP contribution in [0.5, 0.6) is 11.5 Å². The van der Waals surface area contributed by atoms with Crippen LogP contribution in [0, 0.1) is 0 Å². The Morgan fingerprint density at radius 2 is 1.74 bits per heavy atom. The van der Waals surface area contributed by atoms with Gasteiger partial charge in [0.05, 0.1) is 0 Å². The van der Waals surface area contributed by atoms with Crippen LogP contribution < -0.4 is 9.64 Å². The molecule has 1 heterocycles. The van der Waals surface area contributed by atoms with E-state index in [1.807, 2.05) is 23.1 Å². The number of ether oxygens (including phenoxy) is 1. The van der Waals surface area contributed by atoms with E-state index in [1.54, 1.807) is 18.2 Å². The quantitative estimate of drug-likeness (QED) is 0.939. The van der Waals surface area contributed by atoms with E-state index in [-0.39, 0.29) is 18.3 Å². The van der Waals surface area contributed by atoms with Crippen molar-refractivity contribution in [3.8, 4) is 11.5 Å². The molecule has 23 heavy (non-hydrogen) atoms. The third kappa shape index (κ3) is 3.94. The number of phenolic OH excluding ortho intramolecular Hbond substituents is 1. The Balaban J connectivity index is 1.48. The van der Waals surface area contributed by atoms with Gasteiger partial charge in [-0.05, 0) is 24.3 Å². The maximum atomic E-state index is 12.2. The number of piperazine rings is 1. The molecule has 0 unspecified atom stereocenters. The highest BCUT2D eigenvalue weighted by atomic mass is 16.5. The fourth-order valence-corrected chi connectivity index (χ4v) is 2.66. The number of carbonyl (C=O) groups is 1. The lowest BCUT2D eigenvalue weighted by Crippen LogP contribution is -2.50. The third-order valence-electron chi connectivity index (χ3n) is 3.93. The molecular formula is C18H20N2O3. The zero-order chi connectivity index (χ0) is 16.1. The molecule has 1 aliphatic rings. The normalized spacial score (nSPS) is 14.6. The summed E-state index contributed by atoms with van der Waals surface area (Å²) in [6.45, 7) is 3.02. The first-order chi connectivity index (χ1) is 11.2. The molecule has 0 spiro atoms. The summed E-state index contributed by atoms with van der Waals surface area (Å²) in [5.74, 6) is 0.605. The van der Waals surface area contributed by atoms with Crippen molar-refractivity contribution in [2.45, 2.75) is 0 Å². The highest BCUT2D eigenvalue weighted by molar-refractivity contribution is 5.78. The van der Waals surface area contributed by atoms with Crippen molar-refractivity contribution in [1.29, 1.82) is 0 Å². The van der Waals surface area contributed by atoms with Gasteiger partial charge in [0.15, 0.2) is 6.61 Å². The molecule has 1 amide bonds. The van der Waals surface area contributed by atoms with Crippen LogP contribution in [-0.4, -0.2) is 48.7 Å². The van der Waals surface area contributed by atoms with E-state index < -0.39 is 0 Å². The molecule has 0 saturated carbocycles. The maximum Gasteiger partial charge on any atom is 0.260 e. The number of benzene rings is 2. The number of para-hydroxylation sites is 1. The average molecular weight is 312 g/mol. The van der Waals surface area contributed by atoms with Crippen LogP contribution >= 0.6 is 0 Å². The first kappa shape index (κ1) is 15.2. The molecule has 2 aromatic rings. The molecule has 1 fully saturated rings. The van der Waals surface area contributed by atoms with Crippen LogP contribution in [0.25, 0.3) is 0 Å². The summed E-state index contributed by atoms with van der Waals surface area (Å²) in [6.07, 6.45) is 0. The van der Waals surface area contributed by atoms with Crippen LogP contribution in [0.15, 0.2) is 54.6 Å². The van der Waals surface area contributed by atoms with Gasteiger partial charge in [0.2, 0.25) is 0 Å². The third-order valence-corrected chi connectivity index (χ3v) is 3.93. The standard InChI is InChI=1S/C18H20N2O3/c21-16-7-4-8-17(13-16)23-14-18(22)20-11-9-19(10-12-20)15-5-2-1-3-6-15/h1-8,13,21H,9-12,14H2. The lowest BCUT2D eigenvalue weighted by molar-refractivity contribution is -0.133. The van der Waals surface area contributed by atoms with Gasteiger partial charge >= 0.3 is 0 Å². The number of aromatic hydroxyl groups is 1. The Hall–Kier alpha value is -2.69. The van der Waals surface area contributed by atoms with E-state index in [0.29, 0.717) is 18.8 Å². The monoisotopic (exact) mass is 312 g/mol.